The van der Waals surface area contributed by atoms with Crippen molar-refractivity contribution in [2.45, 2.75) is 13.8 Å². The van der Waals surface area contributed by atoms with E-state index in [4.69, 9.17) is 5.73 Å². The van der Waals surface area contributed by atoms with E-state index in [0.29, 0.717) is 39.3 Å². The van der Waals surface area contributed by atoms with Crippen LogP contribution in [0.15, 0.2) is 0 Å². The minimum absolute atomic E-state index is 0.112. The molecule has 1 atom stereocenters. The first-order valence-corrected chi connectivity index (χ1v) is 7.28. The highest BCUT2D eigenvalue weighted by Crippen LogP contribution is 2.14. The van der Waals surface area contributed by atoms with Crippen molar-refractivity contribution in [3.63, 3.8) is 0 Å². The Balaban J connectivity index is 2.49. The molecule has 1 fully saturated rings. The largest absolute Gasteiger partial charge is 0.339 e. The Morgan fingerprint density at radius 3 is 2.00 bits per heavy atom. The molecule has 20 heavy (non-hydrogen) atoms. The van der Waals surface area contributed by atoms with Gasteiger partial charge >= 0.3 is 0 Å². The van der Waals surface area contributed by atoms with Crippen molar-refractivity contribution >= 4 is 11.8 Å². The summed E-state index contributed by atoms with van der Waals surface area (Å²) in [6, 6.07) is 0. The molecule has 1 heterocycles. The van der Waals surface area contributed by atoms with E-state index in [1.165, 1.54) is 0 Å². The molecular weight excluding hydrogens is 256 g/mol. The van der Waals surface area contributed by atoms with Crippen molar-refractivity contribution in [2.75, 3.05) is 53.4 Å². The lowest BCUT2D eigenvalue weighted by molar-refractivity contribution is -0.143. The summed E-state index contributed by atoms with van der Waals surface area (Å²) in [6.07, 6.45) is 0. The Morgan fingerprint density at radius 1 is 1.10 bits per heavy atom. The Labute approximate surface area is 121 Å². The van der Waals surface area contributed by atoms with Crippen molar-refractivity contribution in [3.05, 3.63) is 0 Å². The standard InChI is InChI=1S/C14H28N4O2/c1-11(2)12(9-15)14(20)18-7-5-17(6-8-18)13(19)10-16(3)4/h11-12H,5-10,15H2,1-4H3. The maximum absolute atomic E-state index is 12.4. The van der Waals surface area contributed by atoms with Crippen molar-refractivity contribution in [3.8, 4) is 0 Å². The first kappa shape index (κ1) is 16.9. The van der Waals surface area contributed by atoms with Crippen LogP contribution in [-0.2, 0) is 9.59 Å². The third-order valence-electron chi connectivity index (χ3n) is 3.77. The van der Waals surface area contributed by atoms with Gasteiger partial charge in [-0.3, -0.25) is 9.59 Å². The minimum Gasteiger partial charge on any atom is -0.339 e. The average molecular weight is 284 g/mol. The van der Waals surface area contributed by atoms with E-state index in [9.17, 15) is 9.59 Å². The summed E-state index contributed by atoms with van der Waals surface area (Å²) in [6.45, 7) is 7.31. The lowest BCUT2D eigenvalue weighted by atomic mass is 9.94. The summed E-state index contributed by atoms with van der Waals surface area (Å²) in [7, 11) is 3.76. The lowest BCUT2D eigenvalue weighted by Crippen LogP contribution is -2.54. The van der Waals surface area contributed by atoms with Gasteiger partial charge in [-0.05, 0) is 20.0 Å². The zero-order valence-corrected chi connectivity index (χ0v) is 13.1. The molecule has 1 unspecified atom stereocenters. The summed E-state index contributed by atoms with van der Waals surface area (Å²) in [5.41, 5.74) is 5.69. The zero-order chi connectivity index (χ0) is 15.3. The van der Waals surface area contributed by atoms with Crippen LogP contribution in [0.3, 0.4) is 0 Å². The maximum Gasteiger partial charge on any atom is 0.236 e. The van der Waals surface area contributed by atoms with Gasteiger partial charge in [0.05, 0.1) is 12.5 Å². The normalized spacial score (nSPS) is 17.8. The van der Waals surface area contributed by atoms with Gasteiger partial charge in [0.25, 0.3) is 0 Å². The zero-order valence-electron chi connectivity index (χ0n) is 13.1. The van der Waals surface area contributed by atoms with E-state index >= 15 is 0 Å². The van der Waals surface area contributed by atoms with E-state index in [1.54, 1.807) is 0 Å². The quantitative estimate of drug-likeness (QED) is 0.735. The SMILES string of the molecule is CC(C)C(CN)C(=O)N1CCN(C(=O)CN(C)C)CC1. The fourth-order valence-corrected chi connectivity index (χ4v) is 2.44. The third-order valence-corrected chi connectivity index (χ3v) is 3.77. The molecule has 1 aliphatic rings. The second-order valence-corrected chi connectivity index (χ2v) is 6.03. The number of hydrogen-bond donors (Lipinski definition) is 1. The van der Waals surface area contributed by atoms with Crippen LogP contribution in [0.25, 0.3) is 0 Å². The van der Waals surface area contributed by atoms with Gasteiger partial charge in [-0.1, -0.05) is 13.8 Å². The van der Waals surface area contributed by atoms with Crippen molar-refractivity contribution < 1.29 is 9.59 Å². The van der Waals surface area contributed by atoms with Crippen LogP contribution >= 0.6 is 0 Å². The monoisotopic (exact) mass is 284 g/mol. The van der Waals surface area contributed by atoms with Gasteiger partial charge < -0.3 is 20.4 Å². The second kappa shape index (κ2) is 7.59. The Hall–Kier alpha value is -1.14. The van der Waals surface area contributed by atoms with Gasteiger partial charge in [0, 0.05) is 32.7 Å². The highest BCUT2D eigenvalue weighted by Gasteiger charge is 2.29. The Morgan fingerprint density at radius 2 is 1.60 bits per heavy atom. The van der Waals surface area contributed by atoms with Gasteiger partial charge in [0.15, 0.2) is 0 Å². The van der Waals surface area contributed by atoms with Crippen LogP contribution in [0.1, 0.15) is 13.8 Å². The minimum atomic E-state index is -0.112. The molecule has 1 rings (SSSR count). The number of carbonyl (C=O) groups is 2. The molecule has 0 radical (unpaired) electrons. The van der Waals surface area contributed by atoms with E-state index in [2.05, 4.69) is 0 Å². The smallest absolute Gasteiger partial charge is 0.236 e. The van der Waals surface area contributed by atoms with E-state index in [1.807, 2.05) is 42.6 Å². The van der Waals surface area contributed by atoms with Crippen LogP contribution in [0.4, 0.5) is 0 Å². The molecule has 0 bridgehead atoms. The van der Waals surface area contributed by atoms with Crippen LogP contribution in [0, 0.1) is 11.8 Å². The summed E-state index contributed by atoms with van der Waals surface area (Å²) in [4.78, 5) is 29.8. The summed E-state index contributed by atoms with van der Waals surface area (Å²) in [5, 5.41) is 0. The molecule has 0 aromatic heterocycles. The predicted molar refractivity (Wildman–Crippen MR) is 79.1 cm³/mol. The number of nitrogens with zero attached hydrogens (tertiary/aromatic N) is 3. The van der Waals surface area contributed by atoms with Crippen LogP contribution in [0.5, 0.6) is 0 Å². The van der Waals surface area contributed by atoms with Gasteiger partial charge in [-0.2, -0.15) is 0 Å². The molecule has 2 N–H and O–H groups in total. The Bertz CT molecular complexity index is 336. The molecule has 6 heteroatoms. The highest BCUT2D eigenvalue weighted by atomic mass is 16.2. The van der Waals surface area contributed by atoms with Crippen molar-refractivity contribution in [1.29, 1.82) is 0 Å². The van der Waals surface area contributed by atoms with Gasteiger partial charge in [0.1, 0.15) is 0 Å². The second-order valence-electron chi connectivity index (χ2n) is 6.03. The van der Waals surface area contributed by atoms with Crippen molar-refractivity contribution in [2.24, 2.45) is 17.6 Å². The fourth-order valence-electron chi connectivity index (χ4n) is 2.44. The molecule has 0 spiro atoms. The summed E-state index contributed by atoms with van der Waals surface area (Å²) in [5.74, 6) is 0.392. The van der Waals surface area contributed by atoms with Crippen LogP contribution in [0.2, 0.25) is 0 Å². The van der Waals surface area contributed by atoms with Crippen molar-refractivity contribution in [1.82, 2.24) is 14.7 Å². The number of likely N-dealkylation sites (N-methyl/N-ethyl adjacent to an activating group) is 1. The number of carbonyl (C=O) groups excluding carboxylic acids is 2. The molecule has 0 aromatic rings. The molecule has 6 nitrogen and oxygen atoms in total. The summed E-state index contributed by atoms with van der Waals surface area (Å²) < 4.78 is 0. The number of piperazine rings is 1. The van der Waals surface area contributed by atoms with Crippen LogP contribution in [-0.4, -0.2) is 79.9 Å². The number of nitrogens with two attached hydrogens (primary N) is 1. The predicted octanol–water partition coefficient (Wildman–Crippen LogP) is -0.550. The number of amides is 2. The van der Waals surface area contributed by atoms with E-state index < -0.39 is 0 Å². The maximum atomic E-state index is 12.4. The number of rotatable bonds is 5. The van der Waals surface area contributed by atoms with Gasteiger partial charge in [-0.25, -0.2) is 0 Å². The van der Waals surface area contributed by atoms with E-state index in [-0.39, 0.29) is 23.7 Å². The van der Waals surface area contributed by atoms with Crippen LogP contribution < -0.4 is 5.73 Å². The van der Waals surface area contributed by atoms with Gasteiger partial charge in [0.2, 0.25) is 11.8 Å². The first-order chi connectivity index (χ1) is 9.36. The fraction of sp³-hybridized carbons (Fsp3) is 0.857. The molecule has 1 saturated heterocycles. The Kier molecular flexibility index (Phi) is 6.42. The molecule has 1 aliphatic heterocycles. The molecule has 0 aromatic carbocycles. The summed E-state index contributed by atoms with van der Waals surface area (Å²) >= 11 is 0. The molecule has 0 saturated carbocycles. The third kappa shape index (κ3) is 4.45. The highest BCUT2D eigenvalue weighted by molar-refractivity contribution is 5.81. The first-order valence-electron chi connectivity index (χ1n) is 7.28. The lowest BCUT2D eigenvalue weighted by Gasteiger charge is -2.37. The molecule has 2 amide bonds. The number of hydrogen-bond acceptors (Lipinski definition) is 4. The average Bonchev–Trinajstić information content (AvgIpc) is 2.38. The van der Waals surface area contributed by atoms with E-state index in [0.717, 1.165) is 0 Å². The molecule has 0 aliphatic carbocycles. The molecule has 116 valence electrons. The molecular formula is C14H28N4O2. The topological polar surface area (TPSA) is 69.9 Å². The van der Waals surface area contributed by atoms with Gasteiger partial charge in [-0.15, -0.1) is 0 Å².